The molecular formula is C18H31NO15S. The molecule has 2 aliphatic heterocycles. The lowest BCUT2D eigenvalue weighted by atomic mass is 9.95. The van der Waals surface area contributed by atoms with Crippen LogP contribution >= 0.6 is 0 Å². The van der Waals surface area contributed by atoms with Crippen molar-refractivity contribution < 1.29 is 71.2 Å². The van der Waals surface area contributed by atoms with Gasteiger partial charge in [-0.3, -0.25) is 9.35 Å². The number of aliphatic carboxylic acids is 1. The zero-order valence-electron chi connectivity index (χ0n) is 19.0. The standard InChI is InChI=1S/C18H31NO15S/c1-4-6(2)30-18-14(34-35(27,28)29)12(24)13(15(33-18)16(25)26)32-17-9(19-7(3)21)11(23)10(22)8(5-20)31-17/h6,8-15,17-18,20,22-24H,4-5H2,1-3H3,(H,19,21)(H,25,26)(H,27,28,29)/t6-,8-,9-,10-,11-,12+,13+,14-,15+,17-,18-/m1/s1. The third kappa shape index (κ3) is 7.49. The number of nitrogens with one attached hydrogen (secondary N) is 1. The van der Waals surface area contributed by atoms with Crippen LogP contribution in [0.4, 0.5) is 0 Å². The Morgan fingerprint density at radius 1 is 1.06 bits per heavy atom. The topological polar surface area (TPSA) is 248 Å². The van der Waals surface area contributed by atoms with Crippen molar-refractivity contribution in [2.75, 3.05) is 6.61 Å². The number of hydrogen-bond acceptors (Lipinski definition) is 13. The smallest absolute Gasteiger partial charge is 0.397 e. The summed E-state index contributed by atoms with van der Waals surface area (Å²) in [7, 11) is -5.20. The number of carbonyl (C=O) groups is 2. The normalized spacial score (nSPS) is 39.1. The largest absolute Gasteiger partial charge is 0.479 e. The minimum absolute atomic E-state index is 0.378. The average molecular weight is 534 g/mol. The van der Waals surface area contributed by atoms with Crippen LogP contribution in [0.3, 0.4) is 0 Å². The van der Waals surface area contributed by atoms with Crippen molar-refractivity contribution in [2.24, 2.45) is 0 Å². The first-order chi connectivity index (χ1) is 16.2. The number of aliphatic hydroxyl groups is 4. The highest BCUT2D eigenvalue weighted by Gasteiger charge is 2.55. The van der Waals surface area contributed by atoms with Gasteiger partial charge in [0.2, 0.25) is 5.91 Å². The molecule has 0 spiro atoms. The number of amides is 1. The molecule has 1 amide bonds. The second kappa shape index (κ2) is 12.2. The first-order valence-electron chi connectivity index (χ1n) is 10.6. The molecule has 11 atom stereocenters. The quantitative estimate of drug-likeness (QED) is 0.135. The SMILES string of the molecule is CC[C@@H](C)O[C@@H]1O[C@H](C(=O)O)[C@@H](O[C@H]2O[C@H](CO)[C@@H](O)[C@H](O)[C@H]2NC(C)=O)[C@H](O)[C@H]1OS(=O)(=O)O. The van der Waals surface area contributed by atoms with Crippen LogP contribution in [0, 0.1) is 0 Å². The molecule has 2 aliphatic rings. The number of aliphatic hydroxyl groups excluding tert-OH is 4. The number of rotatable bonds is 10. The summed E-state index contributed by atoms with van der Waals surface area (Å²) >= 11 is 0. The maximum absolute atomic E-state index is 11.9. The van der Waals surface area contributed by atoms with Crippen LogP contribution in [0.1, 0.15) is 27.2 Å². The van der Waals surface area contributed by atoms with Gasteiger partial charge in [-0.15, -0.1) is 0 Å². The van der Waals surface area contributed by atoms with Crippen LogP contribution in [-0.2, 0) is 43.1 Å². The molecule has 2 rings (SSSR count). The molecule has 2 fully saturated rings. The summed E-state index contributed by atoms with van der Waals surface area (Å²) in [5.41, 5.74) is 0. The first kappa shape index (κ1) is 29.7. The van der Waals surface area contributed by atoms with Crippen molar-refractivity contribution in [3.63, 3.8) is 0 Å². The molecule has 0 aliphatic carbocycles. The van der Waals surface area contributed by atoms with E-state index in [-0.39, 0.29) is 0 Å². The lowest BCUT2D eigenvalue weighted by Crippen LogP contribution is -2.68. The second-order valence-electron chi connectivity index (χ2n) is 8.13. The van der Waals surface area contributed by atoms with Gasteiger partial charge in [-0.25, -0.2) is 8.98 Å². The van der Waals surface area contributed by atoms with Gasteiger partial charge in [0.05, 0.1) is 12.7 Å². The number of carboxylic acids is 1. The van der Waals surface area contributed by atoms with Gasteiger partial charge in [-0.1, -0.05) is 6.92 Å². The predicted octanol–water partition coefficient (Wildman–Crippen LogP) is -3.51. The van der Waals surface area contributed by atoms with E-state index in [0.29, 0.717) is 6.42 Å². The number of carbonyl (C=O) groups excluding carboxylic acids is 1. The van der Waals surface area contributed by atoms with Gasteiger partial charge in [0, 0.05) is 6.92 Å². The van der Waals surface area contributed by atoms with Crippen LogP contribution < -0.4 is 5.32 Å². The Bertz CT molecular complexity index is 840. The van der Waals surface area contributed by atoms with Crippen LogP contribution in [0.25, 0.3) is 0 Å². The molecule has 2 heterocycles. The molecule has 0 saturated carbocycles. The van der Waals surface area contributed by atoms with Gasteiger partial charge >= 0.3 is 16.4 Å². The molecule has 35 heavy (non-hydrogen) atoms. The van der Waals surface area contributed by atoms with Crippen molar-refractivity contribution in [2.45, 2.75) is 94.6 Å². The predicted molar refractivity (Wildman–Crippen MR) is 110 cm³/mol. The molecule has 0 radical (unpaired) electrons. The molecule has 0 aromatic heterocycles. The van der Waals surface area contributed by atoms with E-state index in [4.69, 9.17) is 23.5 Å². The van der Waals surface area contributed by atoms with Crippen molar-refractivity contribution in [1.29, 1.82) is 0 Å². The average Bonchev–Trinajstić information content (AvgIpc) is 2.75. The number of hydrogen-bond donors (Lipinski definition) is 7. The number of ether oxygens (including phenoxy) is 4. The van der Waals surface area contributed by atoms with E-state index in [1.54, 1.807) is 13.8 Å². The Hall–Kier alpha value is -1.51. The summed E-state index contributed by atoms with van der Waals surface area (Å²) in [5, 5.41) is 52.7. The van der Waals surface area contributed by atoms with Crippen molar-refractivity contribution in [3.05, 3.63) is 0 Å². The van der Waals surface area contributed by atoms with Crippen LogP contribution in [-0.4, -0.2) is 124 Å². The highest BCUT2D eigenvalue weighted by Crippen LogP contribution is 2.32. The van der Waals surface area contributed by atoms with Gasteiger partial charge < -0.3 is 49.8 Å². The summed E-state index contributed by atoms with van der Waals surface area (Å²) in [6, 6.07) is -1.51. The fourth-order valence-corrected chi connectivity index (χ4v) is 4.08. The Balaban J connectivity index is 2.42. The van der Waals surface area contributed by atoms with Crippen molar-refractivity contribution >= 4 is 22.3 Å². The second-order valence-corrected chi connectivity index (χ2v) is 9.18. The van der Waals surface area contributed by atoms with Crippen LogP contribution in [0.2, 0.25) is 0 Å². The zero-order valence-corrected chi connectivity index (χ0v) is 19.8. The highest BCUT2D eigenvalue weighted by molar-refractivity contribution is 7.80. The number of carboxylic acid groups (broad SMARTS) is 1. The monoisotopic (exact) mass is 533 g/mol. The lowest BCUT2D eigenvalue weighted by molar-refractivity contribution is -0.342. The van der Waals surface area contributed by atoms with E-state index in [0.717, 1.165) is 6.92 Å². The van der Waals surface area contributed by atoms with Gasteiger partial charge in [0.25, 0.3) is 0 Å². The Morgan fingerprint density at radius 2 is 1.69 bits per heavy atom. The Kier molecular flexibility index (Phi) is 10.3. The Labute approximate surface area is 200 Å². The van der Waals surface area contributed by atoms with Gasteiger partial charge in [-0.05, 0) is 13.3 Å². The molecule has 0 aromatic rings. The van der Waals surface area contributed by atoms with E-state index in [9.17, 15) is 43.5 Å². The summed E-state index contributed by atoms with van der Waals surface area (Å²) in [6.07, 6.45) is -16.8. The summed E-state index contributed by atoms with van der Waals surface area (Å²) in [4.78, 5) is 23.5. The summed E-state index contributed by atoms with van der Waals surface area (Å²) in [6.45, 7) is 3.51. The van der Waals surface area contributed by atoms with E-state index in [2.05, 4.69) is 9.50 Å². The third-order valence-corrected chi connectivity index (χ3v) is 5.95. The van der Waals surface area contributed by atoms with Gasteiger partial charge in [-0.2, -0.15) is 8.42 Å². The molecule has 0 bridgehead atoms. The fraction of sp³-hybridized carbons (Fsp3) is 0.889. The fourth-order valence-electron chi connectivity index (χ4n) is 3.60. The molecule has 0 unspecified atom stereocenters. The maximum atomic E-state index is 11.9. The summed E-state index contributed by atoms with van der Waals surface area (Å²) in [5.74, 6) is -2.38. The van der Waals surface area contributed by atoms with E-state index in [1.165, 1.54) is 0 Å². The minimum Gasteiger partial charge on any atom is -0.479 e. The minimum atomic E-state index is -5.20. The molecular weight excluding hydrogens is 502 g/mol. The lowest BCUT2D eigenvalue weighted by Gasteiger charge is -2.47. The zero-order chi connectivity index (χ0) is 26.7. The van der Waals surface area contributed by atoms with E-state index < -0.39 is 96.3 Å². The van der Waals surface area contributed by atoms with Crippen LogP contribution in [0.15, 0.2) is 0 Å². The van der Waals surface area contributed by atoms with Crippen LogP contribution in [0.5, 0.6) is 0 Å². The van der Waals surface area contributed by atoms with E-state index >= 15 is 0 Å². The molecule has 0 aromatic carbocycles. The van der Waals surface area contributed by atoms with Gasteiger partial charge in [0.15, 0.2) is 24.8 Å². The van der Waals surface area contributed by atoms with Crippen molar-refractivity contribution in [1.82, 2.24) is 5.32 Å². The van der Waals surface area contributed by atoms with Gasteiger partial charge in [0.1, 0.15) is 36.6 Å². The highest BCUT2D eigenvalue weighted by atomic mass is 32.3. The first-order valence-corrected chi connectivity index (χ1v) is 12.0. The molecule has 204 valence electrons. The molecule has 7 N–H and O–H groups in total. The molecule has 17 heteroatoms. The maximum Gasteiger partial charge on any atom is 0.397 e. The molecule has 2 saturated heterocycles. The van der Waals surface area contributed by atoms with E-state index in [1.807, 2.05) is 0 Å². The third-order valence-electron chi connectivity index (χ3n) is 5.48. The Morgan fingerprint density at radius 3 is 2.17 bits per heavy atom. The molecule has 16 nitrogen and oxygen atoms in total. The van der Waals surface area contributed by atoms with Crippen molar-refractivity contribution in [3.8, 4) is 0 Å². The summed E-state index contributed by atoms with van der Waals surface area (Å²) < 4.78 is 58.0.